The summed E-state index contributed by atoms with van der Waals surface area (Å²) in [7, 11) is 0. The molecule has 0 spiro atoms. The molecule has 4 nitrogen and oxygen atoms in total. The van der Waals surface area contributed by atoms with Crippen LogP contribution in [-0.2, 0) is 16.0 Å². The second-order valence-electron chi connectivity index (χ2n) is 4.64. The van der Waals surface area contributed by atoms with Gasteiger partial charge < -0.3 is 10.1 Å². The molecule has 2 heterocycles. The second-order valence-corrected chi connectivity index (χ2v) is 4.64. The lowest BCUT2D eigenvalue weighted by Crippen LogP contribution is -2.19. The van der Waals surface area contributed by atoms with Crippen molar-refractivity contribution in [2.75, 3.05) is 11.9 Å². The molecule has 1 amide bonds. The maximum atomic E-state index is 11.3. The van der Waals surface area contributed by atoms with E-state index in [4.69, 9.17) is 4.74 Å². The molecular formula is C13H16N2O2. The van der Waals surface area contributed by atoms with Gasteiger partial charge in [-0.25, -0.2) is 0 Å². The normalized spacial score (nSPS) is 27.7. The van der Waals surface area contributed by atoms with E-state index in [1.54, 1.807) is 0 Å². The minimum atomic E-state index is 0.109. The fourth-order valence-corrected chi connectivity index (χ4v) is 2.42. The van der Waals surface area contributed by atoms with E-state index in [0.717, 1.165) is 18.7 Å². The van der Waals surface area contributed by atoms with Gasteiger partial charge in [-0.05, 0) is 30.5 Å². The highest BCUT2D eigenvalue weighted by Crippen LogP contribution is 2.29. The van der Waals surface area contributed by atoms with Crippen LogP contribution >= 0.6 is 0 Å². The van der Waals surface area contributed by atoms with Crippen molar-refractivity contribution >= 4 is 11.6 Å². The van der Waals surface area contributed by atoms with Gasteiger partial charge in [0, 0.05) is 18.7 Å². The van der Waals surface area contributed by atoms with E-state index in [1.807, 2.05) is 19.1 Å². The quantitative estimate of drug-likeness (QED) is 0.773. The standard InChI is InChI=1S/C13H16N2O2/c1-8-14-7-12(17-8)10-2-4-11-9(6-10)3-5-13(16)15-11/h2,4,6,8,12,14H,3,5,7H2,1H3,(H,15,16). The average Bonchev–Trinajstić information content (AvgIpc) is 2.75. The SMILES string of the molecule is CC1NCC(c2ccc3c(c2)CCC(=O)N3)O1. The van der Waals surface area contributed by atoms with E-state index in [-0.39, 0.29) is 18.2 Å². The number of fused-ring (bicyclic) bond motifs is 1. The fraction of sp³-hybridized carbons (Fsp3) is 0.462. The molecule has 0 radical (unpaired) electrons. The van der Waals surface area contributed by atoms with Crippen LogP contribution in [-0.4, -0.2) is 18.7 Å². The number of hydrogen-bond donors (Lipinski definition) is 2. The highest BCUT2D eigenvalue weighted by atomic mass is 16.5. The van der Waals surface area contributed by atoms with E-state index in [9.17, 15) is 4.79 Å². The molecule has 90 valence electrons. The molecule has 2 atom stereocenters. The summed E-state index contributed by atoms with van der Waals surface area (Å²) in [6.07, 6.45) is 1.66. The van der Waals surface area contributed by atoms with Crippen LogP contribution in [0.1, 0.15) is 30.6 Å². The maximum absolute atomic E-state index is 11.3. The Morgan fingerprint density at radius 1 is 1.35 bits per heavy atom. The molecule has 1 aromatic carbocycles. The van der Waals surface area contributed by atoms with E-state index < -0.39 is 0 Å². The van der Waals surface area contributed by atoms with Gasteiger partial charge in [0.1, 0.15) is 6.23 Å². The Morgan fingerprint density at radius 2 is 2.24 bits per heavy atom. The molecule has 0 saturated carbocycles. The van der Waals surface area contributed by atoms with Gasteiger partial charge in [0.15, 0.2) is 0 Å². The number of rotatable bonds is 1. The summed E-state index contributed by atoms with van der Waals surface area (Å²) in [5, 5.41) is 6.15. The molecule has 4 heteroatoms. The Kier molecular flexibility index (Phi) is 2.61. The van der Waals surface area contributed by atoms with Crippen molar-refractivity contribution in [1.82, 2.24) is 5.32 Å². The first-order valence-electron chi connectivity index (χ1n) is 6.04. The molecule has 2 N–H and O–H groups in total. The van der Waals surface area contributed by atoms with Crippen molar-refractivity contribution in [2.45, 2.75) is 32.1 Å². The monoisotopic (exact) mass is 232 g/mol. The Hall–Kier alpha value is -1.39. The maximum Gasteiger partial charge on any atom is 0.224 e. The number of aryl methyl sites for hydroxylation is 1. The zero-order valence-corrected chi connectivity index (χ0v) is 9.82. The van der Waals surface area contributed by atoms with Crippen molar-refractivity contribution in [3.05, 3.63) is 29.3 Å². The highest BCUT2D eigenvalue weighted by molar-refractivity contribution is 5.93. The van der Waals surface area contributed by atoms with Gasteiger partial charge in [0.05, 0.1) is 6.10 Å². The Bertz CT molecular complexity index is 459. The van der Waals surface area contributed by atoms with Crippen molar-refractivity contribution in [3.8, 4) is 0 Å². The largest absolute Gasteiger partial charge is 0.354 e. The predicted octanol–water partition coefficient (Wildman–Crippen LogP) is 1.58. The summed E-state index contributed by atoms with van der Waals surface area (Å²) in [6.45, 7) is 2.87. The molecule has 0 aromatic heterocycles. The number of carbonyl (C=O) groups excluding carboxylic acids is 1. The lowest BCUT2D eigenvalue weighted by Gasteiger charge is -2.19. The Labute approximate surface area is 100 Å². The second kappa shape index (κ2) is 4.13. The van der Waals surface area contributed by atoms with Crippen molar-refractivity contribution < 1.29 is 9.53 Å². The van der Waals surface area contributed by atoms with Gasteiger partial charge >= 0.3 is 0 Å². The number of amides is 1. The van der Waals surface area contributed by atoms with Crippen LogP contribution in [0.4, 0.5) is 5.69 Å². The number of nitrogens with one attached hydrogen (secondary N) is 2. The lowest BCUT2D eigenvalue weighted by molar-refractivity contribution is -0.116. The first-order valence-corrected chi connectivity index (χ1v) is 6.04. The summed E-state index contributed by atoms with van der Waals surface area (Å²) in [4.78, 5) is 11.3. The van der Waals surface area contributed by atoms with E-state index in [2.05, 4.69) is 16.7 Å². The lowest BCUT2D eigenvalue weighted by atomic mass is 9.98. The van der Waals surface area contributed by atoms with Crippen LogP contribution in [0.15, 0.2) is 18.2 Å². The molecule has 0 aliphatic carbocycles. The topological polar surface area (TPSA) is 50.4 Å². The summed E-state index contributed by atoms with van der Waals surface area (Å²) in [5.41, 5.74) is 3.35. The zero-order valence-electron chi connectivity index (χ0n) is 9.82. The van der Waals surface area contributed by atoms with Gasteiger partial charge in [0.2, 0.25) is 5.91 Å². The fourth-order valence-electron chi connectivity index (χ4n) is 2.42. The number of carbonyl (C=O) groups is 1. The first kappa shape index (κ1) is 10.7. The summed E-state index contributed by atoms with van der Waals surface area (Å²) >= 11 is 0. The van der Waals surface area contributed by atoms with Crippen molar-refractivity contribution in [1.29, 1.82) is 0 Å². The molecule has 1 fully saturated rings. The molecule has 2 aliphatic rings. The minimum Gasteiger partial charge on any atom is -0.354 e. The van der Waals surface area contributed by atoms with E-state index in [1.165, 1.54) is 11.1 Å². The van der Waals surface area contributed by atoms with Crippen molar-refractivity contribution in [3.63, 3.8) is 0 Å². The predicted molar refractivity (Wildman–Crippen MR) is 64.7 cm³/mol. The molecular weight excluding hydrogens is 216 g/mol. The van der Waals surface area contributed by atoms with Crippen molar-refractivity contribution in [2.24, 2.45) is 0 Å². The van der Waals surface area contributed by atoms with Crippen LogP contribution in [0.5, 0.6) is 0 Å². The third-order valence-electron chi connectivity index (χ3n) is 3.36. The number of anilines is 1. The van der Waals surface area contributed by atoms with Gasteiger partial charge in [-0.15, -0.1) is 0 Å². The van der Waals surface area contributed by atoms with Crippen LogP contribution in [0.25, 0.3) is 0 Å². The molecule has 2 unspecified atom stereocenters. The molecule has 2 aliphatic heterocycles. The summed E-state index contributed by atoms with van der Waals surface area (Å²) < 4.78 is 5.76. The van der Waals surface area contributed by atoms with E-state index in [0.29, 0.717) is 6.42 Å². The number of benzene rings is 1. The van der Waals surface area contributed by atoms with Crippen LogP contribution < -0.4 is 10.6 Å². The average molecular weight is 232 g/mol. The van der Waals surface area contributed by atoms with Gasteiger partial charge in [0.25, 0.3) is 0 Å². The first-order chi connectivity index (χ1) is 8.22. The Balaban J connectivity index is 1.86. The van der Waals surface area contributed by atoms with Crippen LogP contribution in [0, 0.1) is 0 Å². The Morgan fingerprint density at radius 3 is 3.00 bits per heavy atom. The molecule has 1 saturated heterocycles. The molecule has 0 bridgehead atoms. The summed E-state index contributed by atoms with van der Waals surface area (Å²) in [6, 6.07) is 6.17. The zero-order chi connectivity index (χ0) is 11.8. The molecule has 1 aromatic rings. The highest BCUT2D eigenvalue weighted by Gasteiger charge is 2.24. The minimum absolute atomic E-state index is 0.109. The van der Waals surface area contributed by atoms with E-state index >= 15 is 0 Å². The van der Waals surface area contributed by atoms with Crippen LogP contribution in [0.3, 0.4) is 0 Å². The number of ether oxygens (including phenoxy) is 1. The smallest absolute Gasteiger partial charge is 0.224 e. The van der Waals surface area contributed by atoms with Crippen LogP contribution in [0.2, 0.25) is 0 Å². The number of hydrogen-bond acceptors (Lipinski definition) is 3. The van der Waals surface area contributed by atoms with Gasteiger partial charge in [-0.1, -0.05) is 12.1 Å². The van der Waals surface area contributed by atoms with Gasteiger partial charge in [-0.2, -0.15) is 0 Å². The molecule has 3 rings (SSSR count). The summed E-state index contributed by atoms with van der Waals surface area (Å²) in [5.74, 6) is 0.109. The third-order valence-corrected chi connectivity index (χ3v) is 3.36. The third kappa shape index (κ3) is 2.06. The molecule has 17 heavy (non-hydrogen) atoms. The van der Waals surface area contributed by atoms with Gasteiger partial charge in [-0.3, -0.25) is 10.1 Å².